The van der Waals surface area contributed by atoms with Crippen molar-refractivity contribution in [3.63, 3.8) is 0 Å². The Morgan fingerprint density at radius 2 is 1.94 bits per heavy atom. The zero-order valence-corrected chi connectivity index (χ0v) is 19.6. The van der Waals surface area contributed by atoms with E-state index in [9.17, 15) is 19.6 Å². The van der Waals surface area contributed by atoms with Gasteiger partial charge in [0.1, 0.15) is 6.07 Å². The molecule has 2 aliphatic rings. The molecule has 5 rings (SSSR count). The Hall–Kier alpha value is -3.13. The van der Waals surface area contributed by atoms with Gasteiger partial charge in [0.25, 0.3) is 0 Å². The molecule has 1 saturated carbocycles. The van der Waals surface area contributed by atoms with E-state index in [1.54, 1.807) is 12.1 Å². The summed E-state index contributed by atoms with van der Waals surface area (Å²) >= 11 is 6.72. The predicted molar refractivity (Wildman–Crippen MR) is 129 cm³/mol. The second-order valence-electron chi connectivity index (χ2n) is 8.41. The van der Waals surface area contributed by atoms with Crippen molar-refractivity contribution in [3.8, 4) is 12.1 Å². The van der Waals surface area contributed by atoms with Crippen LogP contribution in [0.4, 0.5) is 17.5 Å². The molecule has 0 radical (unpaired) electrons. The van der Waals surface area contributed by atoms with Crippen molar-refractivity contribution in [2.75, 3.05) is 35.2 Å². The third-order valence-electron chi connectivity index (χ3n) is 5.78. The van der Waals surface area contributed by atoms with Crippen LogP contribution >= 0.6 is 22.2 Å². The maximum absolute atomic E-state index is 9.87. The summed E-state index contributed by atoms with van der Waals surface area (Å²) in [7, 11) is -2.50. The highest BCUT2D eigenvalue weighted by Gasteiger charge is 2.25. The number of aromatic nitrogens is 4. The number of anilines is 3. The largest absolute Gasteiger partial charge is 0.364 e. The monoisotopic (exact) mass is 499 g/mol. The Bertz CT molecular complexity index is 1330. The molecule has 0 amide bonds. The number of fused-ring (bicyclic) bond motifs is 1. The number of imidazole rings is 1. The fraction of sp³-hybridized carbons (Fsp3) is 0.381. The molecule has 0 atom stereocenters. The van der Waals surface area contributed by atoms with E-state index in [-0.39, 0.29) is 11.6 Å². The van der Waals surface area contributed by atoms with Gasteiger partial charge in [-0.1, -0.05) is 11.6 Å². The Labute approximate surface area is 202 Å². The fourth-order valence-electron chi connectivity index (χ4n) is 3.77. The first-order valence-electron chi connectivity index (χ1n) is 10.7. The van der Waals surface area contributed by atoms with E-state index >= 15 is 0 Å². The molecule has 1 saturated heterocycles. The first-order chi connectivity index (χ1) is 16.3. The lowest BCUT2D eigenvalue weighted by Gasteiger charge is -2.41. The Kier molecular flexibility index (Phi) is 5.93. The van der Waals surface area contributed by atoms with Crippen molar-refractivity contribution in [2.45, 2.75) is 25.4 Å². The van der Waals surface area contributed by atoms with Gasteiger partial charge < -0.3 is 10.6 Å². The molecule has 13 heteroatoms. The Morgan fingerprint density at radius 1 is 1.18 bits per heavy atom. The van der Waals surface area contributed by atoms with Crippen LogP contribution in [0.1, 0.15) is 29.7 Å². The first kappa shape index (κ1) is 22.7. The molecule has 0 bridgehead atoms. The van der Waals surface area contributed by atoms with Gasteiger partial charge in [0, 0.05) is 25.7 Å². The number of nitrogens with one attached hydrogen (secondary N) is 2. The molecular formula is C21H22ClN9O2S. The lowest BCUT2D eigenvalue weighted by molar-refractivity contribution is 0.278. The highest BCUT2D eigenvalue weighted by atomic mass is 35.5. The van der Waals surface area contributed by atoms with Crippen LogP contribution < -0.4 is 10.6 Å². The third kappa shape index (κ3) is 4.73. The summed E-state index contributed by atoms with van der Waals surface area (Å²) in [5.41, 5.74) is 2.35. The number of nitriles is 2. The number of benzene rings is 1. The maximum Gasteiger partial charge on any atom is 0.247 e. The van der Waals surface area contributed by atoms with Crippen LogP contribution in [-0.4, -0.2) is 64.2 Å². The number of halogens is 1. The van der Waals surface area contributed by atoms with Crippen molar-refractivity contribution in [2.24, 2.45) is 0 Å². The predicted octanol–water partition coefficient (Wildman–Crippen LogP) is 3.41. The summed E-state index contributed by atoms with van der Waals surface area (Å²) in [6, 6.07) is 7.90. The van der Waals surface area contributed by atoms with Crippen LogP contribution in [-0.2, 0) is 6.54 Å². The fourth-order valence-corrected chi connectivity index (χ4v) is 5.29. The maximum atomic E-state index is 9.87. The summed E-state index contributed by atoms with van der Waals surface area (Å²) in [6.07, 6.45) is 3.52. The standard InChI is InChI=1S/C21H22ClN9O2S/c22-18-14(12-30-3-5-34(32,33)6-4-30)7-13(9-23)8-17(18)27-21-28-19(26-15-1-2-15)20-25-11-16(10-24)31(20)29-21/h7-8,11,15,32-33H,1-6,12H2,(H2,26,27,28,29). The molecule has 2 aromatic heterocycles. The number of nitrogens with zero attached hydrogens (tertiary/aromatic N) is 7. The van der Waals surface area contributed by atoms with Crippen LogP contribution in [0.3, 0.4) is 0 Å². The summed E-state index contributed by atoms with van der Waals surface area (Å²) in [6.45, 7) is 1.53. The quantitative estimate of drug-likeness (QED) is 0.395. The van der Waals surface area contributed by atoms with E-state index in [0.29, 0.717) is 64.9 Å². The van der Waals surface area contributed by atoms with Gasteiger partial charge >= 0.3 is 0 Å². The van der Waals surface area contributed by atoms with Crippen molar-refractivity contribution in [1.29, 1.82) is 10.5 Å². The molecule has 1 aromatic carbocycles. The van der Waals surface area contributed by atoms with Gasteiger partial charge in [0.2, 0.25) is 5.95 Å². The number of rotatable bonds is 6. The van der Waals surface area contributed by atoms with Crippen LogP contribution in [0.5, 0.6) is 0 Å². The second kappa shape index (κ2) is 8.91. The van der Waals surface area contributed by atoms with Crippen LogP contribution in [0, 0.1) is 22.7 Å². The topological polar surface area (TPSA) is 158 Å². The Morgan fingerprint density at radius 3 is 2.62 bits per heavy atom. The van der Waals surface area contributed by atoms with Gasteiger partial charge in [-0.2, -0.15) is 30.6 Å². The Balaban J connectivity index is 1.46. The normalized spacial score (nSPS) is 18.7. The van der Waals surface area contributed by atoms with E-state index in [1.165, 1.54) is 10.7 Å². The van der Waals surface area contributed by atoms with Gasteiger partial charge in [-0.15, -0.1) is 5.10 Å². The molecule has 3 heterocycles. The van der Waals surface area contributed by atoms with Crippen molar-refractivity contribution in [3.05, 3.63) is 40.2 Å². The molecular weight excluding hydrogens is 478 g/mol. The lowest BCUT2D eigenvalue weighted by atomic mass is 10.1. The summed E-state index contributed by atoms with van der Waals surface area (Å²) in [5.74, 6) is 1.37. The molecule has 1 aliphatic carbocycles. The van der Waals surface area contributed by atoms with Crippen LogP contribution in [0.25, 0.3) is 5.65 Å². The molecule has 11 nitrogen and oxygen atoms in total. The lowest BCUT2D eigenvalue weighted by Crippen LogP contribution is -2.37. The van der Waals surface area contributed by atoms with Gasteiger partial charge in [0.05, 0.1) is 40.0 Å². The van der Waals surface area contributed by atoms with E-state index in [4.69, 9.17) is 11.6 Å². The zero-order chi connectivity index (χ0) is 23.9. The third-order valence-corrected chi connectivity index (χ3v) is 7.90. The van der Waals surface area contributed by atoms with Crippen LogP contribution in [0.2, 0.25) is 5.02 Å². The minimum absolute atomic E-state index is 0.208. The van der Waals surface area contributed by atoms with Crippen molar-refractivity contribution in [1.82, 2.24) is 24.5 Å². The highest BCUT2D eigenvalue weighted by Crippen LogP contribution is 2.41. The number of hydrogen-bond donors (Lipinski definition) is 4. The SMILES string of the molecule is N#Cc1cc(CN2CCS(O)(O)CC2)c(Cl)c(Nc2nc(NC3CC3)c3ncc(C#N)n3n2)c1. The molecule has 1 aliphatic heterocycles. The van der Waals surface area contributed by atoms with Gasteiger partial charge in [-0.25, -0.2) is 4.98 Å². The molecule has 2 fully saturated rings. The van der Waals surface area contributed by atoms with Gasteiger partial charge in [-0.3, -0.25) is 14.0 Å². The van der Waals surface area contributed by atoms with E-state index in [0.717, 1.165) is 18.4 Å². The minimum Gasteiger partial charge on any atom is -0.364 e. The molecule has 3 aromatic rings. The highest BCUT2D eigenvalue weighted by molar-refractivity contribution is 8.24. The smallest absolute Gasteiger partial charge is 0.247 e. The van der Waals surface area contributed by atoms with Crippen molar-refractivity contribution >= 4 is 45.3 Å². The van der Waals surface area contributed by atoms with Crippen LogP contribution in [0.15, 0.2) is 18.3 Å². The van der Waals surface area contributed by atoms with E-state index in [1.807, 2.05) is 0 Å². The average molecular weight is 500 g/mol. The first-order valence-corrected chi connectivity index (χ1v) is 13.0. The molecule has 34 heavy (non-hydrogen) atoms. The molecule has 0 unspecified atom stereocenters. The zero-order valence-electron chi connectivity index (χ0n) is 18.1. The summed E-state index contributed by atoms with van der Waals surface area (Å²) in [5, 5.41) is 30.2. The average Bonchev–Trinajstić information content (AvgIpc) is 3.53. The minimum atomic E-state index is -2.50. The van der Waals surface area contributed by atoms with E-state index in [2.05, 4.69) is 42.7 Å². The molecule has 4 N–H and O–H groups in total. The molecule has 0 spiro atoms. The van der Waals surface area contributed by atoms with Gasteiger partial charge in [-0.05, 0) is 30.5 Å². The van der Waals surface area contributed by atoms with Crippen molar-refractivity contribution < 1.29 is 9.11 Å². The van der Waals surface area contributed by atoms with E-state index < -0.39 is 10.6 Å². The van der Waals surface area contributed by atoms with Gasteiger partial charge in [0.15, 0.2) is 17.2 Å². The summed E-state index contributed by atoms with van der Waals surface area (Å²) in [4.78, 5) is 10.9. The molecule has 176 valence electrons. The second-order valence-corrected chi connectivity index (χ2v) is 11.2. The summed E-state index contributed by atoms with van der Waals surface area (Å²) < 4.78 is 21.2. The number of hydrogen-bond acceptors (Lipinski definition) is 10.